The fourth-order valence-corrected chi connectivity index (χ4v) is 3.41. The van der Waals surface area contributed by atoms with Crippen LogP contribution in [0.1, 0.15) is 0 Å². The van der Waals surface area contributed by atoms with E-state index in [1.165, 1.54) is 27.8 Å². The third kappa shape index (κ3) is 2.56. The molecule has 0 saturated heterocycles. The number of aromatic nitrogens is 5. The van der Waals surface area contributed by atoms with Gasteiger partial charge in [0.1, 0.15) is 6.54 Å². The van der Waals surface area contributed by atoms with Gasteiger partial charge in [-0.1, -0.05) is 12.1 Å². The molecule has 19 heavy (non-hydrogen) atoms. The highest BCUT2D eigenvalue weighted by atomic mass is 32.2. The average molecular weight is 293 g/mol. The van der Waals surface area contributed by atoms with E-state index in [4.69, 9.17) is 5.11 Å². The first kappa shape index (κ1) is 12.1. The smallest absolute Gasteiger partial charge is 0.325 e. The lowest BCUT2D eigenvalue weighted by Crippen LogP contribution is -2.11. The molecule has 0 unspecified atom stereocenters. The predicted molar refractivity (Wildman–Crippen MR) is 69.2 cm³/mol. The van der Waals surface area contributed by atoms with Crippen molar-refractivity contribution in [3.8, 4) is 0 Å². The van der Waals surface area contributed by atoms with Gasteiger partial charge in [0.15, 0.2) is 4.34 Å². The number of hydrogen-bond donors (Lipinski definition) is 1. The number of rotatable bonds is 4. The van der Waals surface area contributed by atoms with Crippen molar-refractivity contribution in [3.05, 3.63) is 24.3 Å². The summed E-state index contributed by atoms with van der Waals surface area (Å²) < 4.78 is 3.09. The minimum absolute atomic E-state index is 0.264. The topological polar surface area (TPSA) is 93.8 Å². The van der Waals surface area contributed by atoms with Crippen LogP contribution in [0.2, 0.25) is 0 Å². The number of thiazole rings is 1. The molecule has 3 aromatic rings. The largest absolute Gasteiger partial charge is 0.480 e. The van der Waals surface area contributed by atoms with E-state index in [1.807, 2.05) is 24.3 Å². The number of fused-ring (bicyclic) bond motifs is 1. The molecule has 0 aliphatic rings. The van der Waals surface area contributed by atoms with Crippen LogP contribution >= 0.6 is 23.1 Å². The molecule has 0 aliphatic carbocycles. The Balaban J connectivity index is 1.88. The lowest BCUT2D eigenvalue weighted by atomic mass is 10.3. The number of tetrazole rings is 1. The summed E-state index contributed by atoms with van der Waals surface area (Å²) >= 11 is 2.78. The maximum atomic E-state index is 10.7. The highest BCUT2D eigenvalue weighted by molar-refractivity contribution is 8.01. The first-order valence-electron chi connectivity index (χ1n) is 5.24. The Labute approximate surface area is 115 Å². The maximum Gasteiger partial charge on any atom is 0.325 e. The number of carbonyl (C=O) groups is 1. The Bertz CT molecular complexity index is 705. The summed E-state index contributed by atoms with van der Waals surface area (Å²) in [4.78, 5) is 15.1. The van der Waals surface area contributed by atoms with Crippen LogP contribution in [0.15, 0.2) is 33.8 Å². The minimum atomic E-state index is -0.988. The highest BCUT2D eigenvalue weighted by Crippen LogP contribution is 2.32. The fourth-order valence-electron chi connectivity index (χ4n) is 1.47. The Morgan fingerprint density at radius 2 is 2.26 bits per heavy atom. The molecule has 0 atom stereocenters. The van der Waals surface area contributed by atoms with Gasteiger partial charge in [-0.25, -0.2) is 9.67 Å². The molecule has 0 saturated carbocycles. The van der Waals surface area contributed by atoms with Gasteiger partial charge in [-0.2, -0.15) is 0 Å². The normalized spacial score (nSPS) is 10.9. The second-order valence-corrected chi connectivity index (χ2v) is 5.81. The van der Waals surface area contributed by atoms with Crippen molar-refractivity contribution in [2.45, 2.75) is 16.0 Å². The van der Waals surface area contributed by atoms with Gasteiger partial charge in [0.2, 0.25) is 5.16 Å². The summed E-state index contributed by atoms with van der Waals surface area (Å²) in [6.45, 7) is -0.264. The lowest BCUT2D eigenvalue weighted by molar-refractivity contribution is -0.138. The van der Waals surface area contributed by atoms with E-state index in [9.17, 15) is 4.79 Å². The van der Waals surface area contributed by atoms with Crippen molar-refractivity contribution in [2.24, 2.45) is 0 Å². The monoisotopic (exact) mass is 293 g/mol. The number of nitrogens with zero attached hydrogens (tertiary/aromatic N) is 5. The SMILES string of the molecule is O=C(O)Cn1nnnc1Sc1nc2ccccc2s1. The first-order chi connectivity index (χ1) is 9.22. The molecular weight excluding hydrogens is 286 g/mol. The van der Waals surface area contributed by atoms with Gasteiger partial charge in [0, 0.05) is 0 Å². The van der Waals surface area contributed by atoms with E-state index in [0.29, 0.717) is 5.16 Å². The van der Waals surface area contributed by atoms with E-state index in [-0.39, 0.29) is 6.54 Å². The summed E-state index contributed by atoms with van der Waals surface area (Å²) in [5.74, 6) is -0.988. The van der Waals surface area contributed by atoms with Gasteiger partial charge in [0.05, 0.1) is 10.2 Å². The molecule has 0 spiro atoms. The zero-order chi connectivity index (χ0) is 13.2. The van der Waals surface area contributed by atoms with Gasteiger partial charge < -0.3 is 5.11 Å². The molecular formula is C10H7N5O2S2. The molecule has 2 heterocycles. The van der Waals surface area contributed by atoms with E-state index < -0.39 is 5.97 Å². The molecule has 3 rings (SSSR count). The molecule has 96 valence electrons. The van der Waals surface area contributed by atoms with E-state index in [0.717, 1.165) is 14.6 Å². The predicted octanol–water partition coefficient (Wildman–Crippen LogP) is 1.52. The molecule has 7 nitrogen and oxygen atoms in total. The third-order valence-electron chi connectivity index (χ3n) is 2.24. The Morgan fingerprint density at radius 3 is 3.05 bits per heavy atom. The summed E-state index contributed by atoms with van der Waals surface area (Å²) in [7, 11) is 0. The fraction of sp³-hybridized carbons (Fsp3) is 0.100. The van der Waals surface area contributed by atoms with Gasteiger partial charge in [-0.05, 0) is 34.3 Å². The highest BCUT2D eigenvalue weighted by Gasteiger charge is 2.13. The van der Waals surface area contributed by atoms with Gasteiger partial charge in [-0.15, -0.1) is 16.4 Å². The molecule has 1 N–H and O–H groups in total. The Kier molecular flexibility index (Phi) is 3.13. The number of carboxylic acid groups (broad SMARTS) is 1. The Hall–Kier alpha value is -2.00. The van der Waals surface area contributed by atoms with Gasteiger partial charge in [0.25, 0.3) is 0 Å². The number of aliphatic carboxylic acids is 1. The van der Waals surface area contributed by atoms with E-state index in [2.05, 4.69) is 20.5 Å². The number of hydrogen-bond acceptors (Lipinski definition) is 7. The second kappa shape index (κ2) is 4.94. The minimum Gasteiger partial charge on any atom is -0.480 e. The van der Waals surface area contributed by atoms with Gasteiger partial charge >= 0.3 is 5.97 Å². The van der Waals surface area contributed by atoms with Crippen LogP contribution in [0.3, 0.4) is 0 Å². The van der Waals surface area contributed by atoms with Crippen molar-refractivity contribution >= 4 is 39.3 Å². The lowest BCUT2D eigenvalue weighted by Gasteiger charge is -1.97. The van der Waals surface area contributed by atoms with Crippen LogP contribution in [0.25, 0.3) is 10.2 Å². The summed E-state index contributed by atoms with van der Waals surface area (Å²) in [5.41, 5.74) is 0.909. The average Bonchev–Trinajstić information content (AvgIpc) is 2.95. The van der Waals surface area contributed by atoms with E-state index in [1.54, 1.807) is 0 Å². The molecule has 0 bridgehead atoms. The van der Waals surface area contributed by atoms with Crippen LogP contribution in [-0.2, 0) is 11.3 Å². The molecule has 9 heteroatoms. The third-order valence-corrected chi connectivity index (χ3v) is 4.31. The number of benzene rings is 1. The maximum absolute atomic E-state index is 10.7. The number of para-hydroxylation sites is 1. The summed E-state index contributed by atoms with van der Waals surface area (Å²) in [6, 6.07) is 7.78. The first-order valence-corrected chi connectivity index (χ1v) is 6.87. The standard InChI is InChI=1S/C10H7N5O2S2/c16-8(17)5-15-9(12-13-14-15)19-10-11-6-3-1-2-4-7(6)18-10/h1-4H,5H2,(H,16,17). The zero-order valence-electron chi connectivity index (χ0n) is 9.42. The van der Waals surface area contributed by atoms with Crippen LogP contribution in [0, 0.1) is 0 Å². The van der Waals surface area contributed by atoms with Gasteiger partial charge in [-0.3, -0.25) is 4.79 Å². The molecule has 0 aliphatic heterocycles. The van der Waals surface area contributed by atoms with Crippen LogP contribution in [0.4, 0.5) is 0 Å². The summed E-state index contributed by atoms with van der Waals surface area (Å²) in [6.07, 6.45) is 0. The van der Waals surface area contributed by atoms with Crippen molar-refractivity contribution in [1.82, 2.24) is 25.2 Å². The molecule has 0 fully saturated rings. The van der Waals surface area contributed by atoms with Crippen molar-refractivity contribution in [2.75, 3.05) is 0 Å². The van der Waals surface area contributed by atoms with Crippen molar-refractivity contribution in [1.29, 1.82) is 0 Å². The van der Waals surface area contributed by atoms with Crippen molar-refractivity contribution in [3.63, 3.8) is 0 Å². The quantitative estimate of drug-likeness (QED) is 0.779. The van der Waals surface area contributed by atoms with Crippen LogP contribution < -0.4 is 0 Å². The molecule has 1 aromatic carbocycles. The number of carboxylic acids is 1. The summed E-state index contributed by atoms with van der Waals surface area (Å²) in [5, 5.41) is 20.1. The zero-order valence-corrected chi connectivity index (χ0v) is 11.1. The second-order valence-electron chi connectivity index (χ2n) is 3.56. The molecule has 2 aromatic heterocycles. The molecule has 0 amide bonds. The van der Waals surface area contributed by atoms with E-state index >= 15 is 0 Å². The molecule has 0 radical (unpaired) electrons. The van der Waals surface area contributed by atoms with Crippen LogP contribution in [0.5, 0.6) is 0 Å². The Morgan fingerprint density at radius 1 is 1.42 bits per heavy atom. The van der Waals surface area contributed by atoms with Crippen molar-refractivity contribution < 1.29 is 9.90 Å². The van der Waals surface area contributed by atoms with Crippen LogP contribution in [-0.4, -0.2) is 36.3 Å².